The number of amides is 1. The van der Waals surface area contributed by atoms with Crippen molar-refractivity contribution in [1.82, 2.24) is 14.9 Å². The summed E-state index contributed by atoms with van der Waals surface area (Å²) in [6, 6.07) is 1.74. The monoisotopic (exact) mass is 325 g/mol. The van der Waals surface area contributed by atoms with Crippen molar-refractivity contribution in [1.29, 1.82) is 0 Å². The van der Waals surface area contributed by atoms with Gasteiger partial charge in [-0.25, -0.2) is 23.5 Å². The minimum Gasteiger partial charge on any atom is -0.339 e. The number of nitrogens with two attached hydrogens (primary N) is 1. The summed E-state index contributed by atoms with van der Waals surface area (Å²) in [5, 5.41) is 4.39. The van der Waals surface area contributed by atoms with Crippen LogP contribution in [-0.4, -0.2) is 60.1 Å². The zero-order valence-corrected chi connectivity index (χ0v) is 12.9. The predicted octanol–water partition coefficient (Wildman–Crippen LogP) is -0.665. The van der Waals surface area contributed by atoms with E-state index >= 15 is 0 Å². The van der Waals surface area contributed by atoms with E-state index in [1.807, 2.05) is 4.90 Å². The maximum Gasteiger partial charge on any atom is 0.225 e. The number of carbonyl (C=O) groups excluding carboxylic acids is 1. The fraction of sp³-hybridized carbons (Fsp3) is 0.615. The van der Waals surface area contributed by atoms with Crippen LogP contribution in [0.15, 0.2) is 18.5 Å². The highest BCUT2D eigenvalue weighted by atomic mass is 32.2. The maximum atomic E-state index is 12.1. The second kappa shape index (κ2) is 5.81. The van der Waals surface area contributed by atoms with Crippen LogP contribution in [0.2, 0.25) is 0 Å². The Balaban J connectivity index is 1.71. The molecule has 0 aliphatic carbocycles. The highest BCUT2D eigenvalue weighted by Gasteiger charge is 2.40. The van der Waals surface area contributed by atoms with E-state index in [1.165, 1.54) is 0 Å². The summed E-state index contributed by atoms with van der Waals surface area (Å²) >= 11 is 0. The Kier molecular flexibility index (Phi) is 4.00. The van der Waals surface area contributed by atoms with Gasteiger partial charge in [-0.1, -0.05) is 0 Å². The van der Waals surface area contributed by atoms with E-state index in [2.05, 4.69) is 9.97 Å². The van der Waals surface area contributed by atoms with Crippen molar-refractivity contribution in [2.24, 2.45) is 5.14 Å². The molecule has 0 radical (unpaired) electrons. The van der Waals surface area contributed by atoms with Crippen molar-refractivity contribution in [2.45, 2.75) is 30.6 Å². The summed E-state index contributed by atoms with van der Waals surface area (Å²) in [4.78, 5) is 24.3. The molecule has 0 aromatic carbocycles. The van der Waals surface area contributed by atoms with Crippen molar-refractivity contribution in [3.05, 3.63) is 18.5 Å². The summed E-state index contributed by atoms with van der Waals surface area (Å²) in [6.07, 6.45) is 5.12. The summed E-state index contributed by atoms with van der Waals surface area (Å²) in [7, 11) is -3.67. The van der Waals surface area contributed by atoms with Gasteiger partial charge in [0.25, 0.3) is 0 Å². The summed E-state index contributed by atoms with van der Waals surface area (Å²) in [5.74, 6) is 0.502. The Hall–Kier alpha value is -1.74. The van der Waals surface area contributed by atoms with Crippen LogP contribution in [-0.2, 0) is 14.8 Å². The molecule has 9 heteroatoms. The number of aromatic nitrogens is 2. The van der Waals surface area contributed by atoms with E-state index < -0.39 is 15.3 Å². The van der Waals surface area contributed by atoms with Gasteiger partial charge in [-0.05, 0) is 18.9 Å². The first-order valence-electron chi connectivity index (χ1n) is 7.28. The van der Waals surface area contributed by atoms with Gasteiger partial charge in [-0.15, -0.1) is 0 Å². The molecule has 2 atom stereocenters. The van der Waals surface area contributed by atoms with Crippen molar-refractivity contribution < 1.29 is 13.2 Å². The SMILES string of the molecule is NS(=O)(=O)C1CC(=O)N(C2CCCN(c3ncccn3)C2)C1. The lowest BCUT2D eigenvalue weighted by Gasteiger charge is -2.37. The largest absolute Gasteiger partial charge is 0.339 e. The molecule has 2 unspecified atom stereocenters. The second-order valence-electron chi connectivity index (χ2n) is 5.75. The number of rotatable bonds is 3. The average Bonchev–Trinajstić information content (AvgIpc) is 2.90. The number of likely N-dealkylation sites (tertiary alicyclic amines) is 1. The highest BCUT2D eigenvalue weighted by molar-refractivity contribution is 7.89. The zero-order chi connectivity index (χ0) is 15.7. The molecule has 0 saturated carbocycles. The summed E-state index contributed by atoms with van der Waals surface area (Å²) < 4.78 is 22.9. The van der Waals surface area contributed by atoms with Crippen molar-refractivity contribution in [2.75, 3.05) is 24.5 Å². The van der Waals surface area contributed by atoms with E-state index in [1.54, 1.807) is 23.4 Å². The molecule has 2 saturated heterocycles. The van der Waals surface area contributed by atoms with Gasteiger partial charge in [0.15, 0.2) is 0 Å². The summed E-state index contributed by atoms with van der Waals surface area (Å²) in [6.45, 7) is 1.64. The molecule has 3 heterocycles. The standard InChI is InChI=1S/C13H19N5O3S/c14-22(20,21)11-7-12(19)18(9-11)10-3-1-6-17(8-10)13-15-4-2-5-16-13/h2,4-5,10-11H,1,3,6-9H2,(H2,14,20,21). The van der Waals surface area contributed by atoms with Gasteiger partial charge >= 0.3 is 0 Å². The minimum absolute atomic E-state index is 0.0167. The molecule has 8 nitrogen and oxygen atoms in total. The van der Waals surface area contributed by atoms with Crippen LogP contribution in [0.3, 0.4) is 0 Å². The Bertz CT molecular complexity index is 651. The molecule has 1 amide bonds. The first-order valence-corrected chi connectivity index (χ1v) is 8.89. The van der Waals surface area contributed by atoms with Crippen LogP contribution in [0.25, 0.3) is 0 Å². The van der Waals surface area contributed by atoms with Crippen LogP contribution in [0, 0.1) is 0 Å². The molecule has 22 heavy (non-hydrogen) atoms. The van der Waals surface area contributed by atoms with Gasteiger partial charge in [0.2, 0.25) is 21.9 Å². The third-order valence-electron chi connectivity index (χ3n) is 4.26. The Labute approximate surface area is 129 Å². The lowest BCUT2D eigenvalue weighted by molar-refractivity contribution is -0.129. The highest BCUT2D eigenvalue weighted by Crippen LogP contribution is 2.25. The number of carbonyl (C=O) groups is 1. The van der Waals surface area contributed by atoms with E-state index in [0.29, 0.717) is 12.5 Å². The molecule has 2 aliphatic heterocycles. The molecule has 120 valence electrons. The molecule has 0 bridgehead atoms. The van der Waals surface area contributed by atoms with E-state index in [9.17, 15) is 13.2 Å². The third kappa shape index (κ3) is 3.05. The van der Waals surface area contributed by atoms with Crippen molar-refractivity contribution in [3.63, 3.8) is 0 Å². The van der Waals surface area contributed by atoms with Gasteiger partial charge in [-0.3, -0.25) is 4.79 Å². The topological polar surface area (TPSA) is 109 Å². The zero-order valence-electron chi connectivity index (χ0n) is 12.1. The van der Waals surface area contributed by atoms with Crippen molar-refractivity contribution in [3.8, 4) is 0 Å². The molecule has 2 aliphatic rings. The quantitative estimate of drug-likeness (QED) is 0.790. The number of nitrogens with zero attached hydrogens (tertiary/aromatic N) is 4. The van der Waals surface area contributed by atoms with Crippen molar-refractivity contribution >= 4 is 21.9 Å². The van der Waals surface area contributed by atoms with Gasteiger partial charge in [0, 0.05) is 44.5 Å². The first kappa shape index (κ1) is 15.2. The lowest BCUT2D eigenvalue weighted by Crippen LogP contribution is -2.49. The van der Waals surface area contributed by atoms with Gasteiger partial charge in [0.05, 0.1) is 0 Å². The molecule has 2 fully saturated rings. The van der Waals surface area contributed by atoms with Crippen LogP contribution in [0.4, 0.5) is 5.95 Å². The lowest BCUT2D eigenvalue weighted by atomic mass is 10.0. The molecule has 1 aromatic rings. The fourth-order valence-electron chi connectivity index (χ4n) is 3.12. The number of hydrogen-bond donors (Lipinski definition) is 1. The number of anilines is 1. The molecule has 3 rings (SSSR count). The number of hydrogen-bond acceptors (Lipinski definition) is 6. The van der Waals surface area contributed by atoms with E-state index in [0.717, 1.165) is 19.4 Å². The molecule has 2 N–H and O–H groups in total. The number of primary sulfonamides is 1. The van der Waals surface area contributed by atoms with E-state index in [-0.39, 0.29) is 24.9 Å². The molecule has 0 spiro atoms. The van der Waals surface area contributed by atoms with Crippen LogP contribution in [0.1, 0.15) is 19.3 Å². The number of sulfonamides is 1. The number of piperidine rings is 1. The maximum absolute atomic E-state index is 12.1. The summed E-state index contributed by atoms with van der Waals surface area (Å²) in [5.41, 5.74) is 0. The Morgan fingerprint density at radius 2 is 1.95 bits per heavy atom. The minimum atomic E-state index is -3.67. The smallest absolute Gasteiger partial charge is 0.225 e. The van der Waals surface area contributed by atoms with E-state index in [4.69, 9.17) is 5.14 Å². The Morgan fingerprint density at radius 1 is 1.23 bits per heavy atom. The van der Waals surface area contributed by atoms with Crippen LogP contribution < -0.4 is 10.0 Å². The molecular formula is C13H19N5O3S. The van der Waals surface area contributed by atoms with Crippen LogP contribution >= 0.6 is 0 Å². The van der Waals surface area contributed by atoms with Gasteiger partial charge in [0.1, 0.15) is 5.25 Å². The molecular weight excluding hydrogens is 306 g/mol. The predicted molar refractivity (Wildman–Crippen MR) is 80.5 cm³/mol. The Morgan fingerprint density at radius 3 is 2.59 bits per heavy atom. The van der Waals surface area contributed by atoms with Crippen LogP contribution in [0.5, 0.6) is 0 Å². The van der Waals surface area contributed by atoms with Gasteiger partial charge in [-0.2, -0.15) is 0 Å². The average molecular weight is 325 g/mol. The fourth-order valence-corrected chi connectivity index (χ4v) is 3.86. The first-order chi connectivity index (χ1) is 10.4. The normalized spacial score (nSPS) is 26.5. The third-order valence-corrected chi connectivity index (χ3v) is 5.50. The molecule has 1 aromatic heterocycles. The second-order valence-corrected chi connectivity index (χ2v) is 7.60. The van der Waals surface area contributed by atoms with Gasteiger partial charge < -0.3 is 9.80 Å².